The maximum atomic E-state index is 12.8. The Morgan fingerprint density at radius 2 is 2.24 bits per heavy atom. The van der Waals surface area contributed by atoms with Crippen molar-refractivity contribution in [3.8, 4) is 0 Å². The molecule has 0 spiro atoms. The highest BCUT2D eigenvalue weighted by molar-refractivity contribution is 6.05. The van der Waals surface area contributed by atoms with E-state index in [0.29, 0.717) is 31.0 Å². The third kappa shape index (κ3) is 4.39. The van der Waals surface area contributed by atoms with Gasteiger partial charge in [0.2, 0.25) is 0 Å². The minimum atomic E-state index is -0.158. The van der Waals surface area contributed by atoms with E-state index >= 15 is 0 Å². The van der Waals surface area contributed by atoms with Crippen LogP contribution in [0.5, 0.6) is 0 Å². The second-order valence-electron chi connectivity index (χ2n) is 6.74. The van der Waals surface area contributed by atoms with Gasteiger partial charge in [-0.2, -0.15) is 0 Å². The largest absolute Gasteiger partial charge is 0.461 e. The van der Waals surface area contributed by atoms with E-state index in [4.69, 9.17) is 13.9 Å². The van der Waals surface area contributed by atoms with Crippen molar-refractivity contribution in [1.29, 1.82) is 0 Å². The van der Waals surface area contributed by atoms with Crippen LogP contribution in [0.1, 0.15) is 22.5 Å². The second-order valence-corrected chi connectivity index (χ2v) is 6.74. The van der Waals surface area contributed by atoms with E-state index in [-0.39, 0.29) is 18.1 Å². The number of furan rings is 1. The number of carbonyl (C=O) groups excluding carboxylic acids is 1. The number of benzene rings is 1. The zero-order valence-corrected chi connectivity index (χ0v) is 15.1. The van der Waals surface area contributed by atoms with Crippen molar-refractivity contribution >= 4 is 16.9 Å². The van der Waals surface area contributed by atoms with E-state index in [1.807, 2.05) is 39.2 Å². The minimum Gasteiger partial charge on any atom is -0.461 e. The fourth-order valence-corrected chi connectivity index (χ4v) is 3.06. The van der Waals surface area contributed by atoms with Gasteiger partial charge in [0.05, 0.1) is 30.9 Å². The number of ether oxygens (including phenoxy) is 2. The lowest BCUT2D eigenvalue weighted by atomic mass is 10.1. The highest BCUT2D eigenvalue weighted by Crippen LogP contribution is 2.23. The average molecular weight is 346 g/mol. The molecule has 1 aromatic carbocycles. The lowest BCUT2D eigenvalue weighted by Crippen LogP contribution is -2.51. The van der Waals surface area contributed by atoms with Crippen molar-refractivity contribution in [2.24, 2.45) is 0 Å². The zero-order chi connectivity index (χ0) is 17.8. The van der Waals surface area contributed by atoms with Crippen LogP contribution in [0.2, 0.25) is 0 Å². The van der Waals surface area contributed by atoms with E-state index in [1.165, 1.54) is 0 Å². The van der Waals surface area contributed by atoms with E-state index in [9.17, 15) is 4.79 Å². The Morgan fingerprint density at radius 1 is 1.40 bits per heavy atom. The number of nitrogens with one attached hydrogen (secondary N) is 1. The van der Waals surface area contributed by atoms with Gasteiger partial charge in [-0.15, -0.1) is 0 Å². The molecule has 2 heterocycles. The molecule has 0 aliphatic carbocycles. The summed E-state index contributed by atoms with van der Waals surface area (Å²) in [7, 11) is 4.03. The summed E-state index contributed by atoms with van der Waals surface area (Å²) >= 11 is 0. The summed E-state index contributed by atoms with van der Waals surface area (Å²) < 4.78 is 17.2. The van der Waals surface area contributed by atoms with E-state index in [2.05, 4.69) is 10.2 Å². The number of rotatable bonds is 6. The fourth-order valence-electron chi connectivity index (χ4n) is 3.06. The molecule has 2 atom stereocenters. The summed E-state index contributed by atoms with van der Waals surface area (Å²) in [5.74, 6) is 0.637. The minimum absolute atomic E-state index is 0.0322. The van der Waals surface area contributed by atoms with Crippen molar-refractivity contribution in [1.82, 2.24) is 10.2 Å². The molecule has 136 valence electrons. The number of nitrogens with zero attached hydrogens (tertiary/aromatic N) is 1. The highest BCUT2D eigenvalue weighted by atomic mass is 16.5. The van der Waals surface area contributed by atoms with Crippen LogP contribution in [0, 0.1) is 6.92 Å². The van der Waals surface area contributed by atoms with Crippen LogP contribution in [0.4, 0.5) is 0 Å². The molecule has 0 unspecified atom stereocenters. The molecular weight excluding hydrogens is 320 g/mol. The first-order chi connectivity index (χ1) is 12.0. The zero-order valence-electron chi connectivity index (χ0n) is 15.1. The molecule has 1 amide bonds. The molecule has 0 bridgehead atoms. The van der Waals surface area contributed by atoms with Gasteiger partial charge in [0, 0.05) is 18.5 Å². The first-order valence-corrected chi connectivity index (χ1v) is 8.68. The molecule has 6 nitrogen and oxygen atoms in total. The van der Waals surface area contributed by atoms with Crippen LogP contribution in [-0.4, -0.2) is 63.4 Å². The Labute approximate surface area is 148 Å². The van der Waals surface area contributed by atoms with Gasteiger partial charge in [-0.1, -0.05) is 12.1 Å². The molecule has 0 saturated carbocycles. The standard InChI is InChI=1S/C19H26N2O4/c1-13-11-14-5-4-6-15(18(14)25-13)19(22)20-16-12-23-9-7-17(16)24-10-8-21(2)3/h4-6,11,16-17H,7-10,12H2,1-3H3,(H,20,22)/t16-,17+/m1/s1. The van der Waals surface area contributed by atoms with Crippen molar-refractivity contribution in [3.63, 3.8) is 0 Å². The van der Waals surface area contributed by atoms with Crippen LogP contribution in [-0.2, 0) is 9.47 Å². The van der Waals surface area contributed by atoms with Crippen molar-refractivity contribution in [3.05, 3.63) is 35.6 Å². The SMILES string of the molecule is Cc1cc2cccc(C(=O)N[C@@H]3COCC[C@@H]3OCCN(C)C)c2o1. The molecule has 6 heteroatoms. The molecule has 1 saturated heterocycles. The number of para-hydroxylation sites is 1. The van der Waals surface area contributed by atoms with Gasteiger partial charge in [0.15, 0.2) is 0 Å². The number of hydrogen-bond donors (Lipinski definition) is 1. The number of fused-ring (bicyclic) bond motifs is 1. The maximum absolute atomic E-state index is 12.8. The maximum Gasteiger partial charge on any atom is 0.255 e. The Morgan fingerprint density at radius 3 is 3.04 bits per heavy atom. The summed E-state index contributed by atoms with van der Waals surface area (Å²) in [6.45, 7) is 4.49. The Bertz CT molecular complexity index is 725. The summed E-state index contributed by atoms with van der Waals surface area (Å²) in [6, 6.07) is 7.37. The van der Waals surface area contributed by atoms with Gasteiger partial charge in [0.1, 0.15) is 11.3 Å². The summed E-state index contributed by atoms with van der Waals surface area (Å²) in [6.07, 6.45) is 0.748. The Balaban J connectivity index is 1.69. The molecule has 1 fully saturated rings. The molecular formula is C19H26N2O4. The summed E-state index contributed by atoms with van der Waals surface area (Å²) in [5.41, 5.74) is 1.17. The molecule has 1 aromatic heterocycles. The van der Waals surface area contributed by atoms with Gasteiger partial charge in [0.25, 0.3) is 5.91 Å². The monoisotopic (exact) mass is 346 g/mol. The van der Waals surface area contributed by atoms with Crippen LogP contribution in [0.25, 0.3) is 11.0 Å². The third-order valence-corrected chi connectivity index (χ3v) is 4.39. The number of aryl methyl sites for hydroxylation is 1. The predicted molar refractivity (Wildman–Crippen MR) is 95.9 cm³/mol. The molecule has 1 aliphatic rings. The Kier molecular flexibility index (Phi) is 5.73. The van der Waals surface area contributed by atoms with E-state index in [1.54, 1.807) is 6.07 Å². The number of carbonyl (C=O) groups is 1. The van der Waals surface area contributed by atoms with Crippen LogP contribution in [0.3, 0.4) is 0 Å². The van der Waals surface area contributed by atoms with Gasteiger partial charge < -0.3 is 24.1 Å². The fraction of sp³-hybridized carbons (Fsp3) is 0.526. The van der Waals surface area contributed by atoms with Crippen molar-refractivity contribution < 1.29 is 18.7 Å². The molecule has 25 heavy (non-hydrogen) atoms. The molecule has 0 radical (unpaired) electrons. The molecule has 3 rings (SSSR count). The first-order valence-electron chi connectivity index (χ1n) is 8.68. The van der Waals surface area contributed by atoms with Gasteiger partial charge in [-0.05, 0) is 39.6 Å². The quantitative estimate of drug-likeness (QED) is 0.869. The van der Waals surface area contributed by atoms with Gasteiger partial charge in [-0.3, -0.25) is 4.79 Å². The summed E-state index contributed by atoms with van der Waals surface area (Å²) in [5, 5.41) is 4.00. The molecule has 1 N–H and O–H groups in total. The van der Waals surface area contributed by atoms with Crippen LogP contribution >= 0.6 is 0 Å². The normalized spacial score (nSPS) is 21.0. The predicted octanol–water partition coefficient (Wildman–Crippen LogP) is 2.21. The third-order valence-electron chi connectivity index (χ3n) is 4.39. The lowest BCUT2D eigenvalue weighted by molar-refractivity contribution is -0.0561. The van der Waals surface area contributed by atoms with Gasteiger partial charge >= 0.3 is 0 Å². The highest BCUT2D eigenvalue weighted by Gasteiger charge is 2.29. The average Bonchev–Trinajstić information content (AvgIpc) is 2.96. The van der Waals surface area contributed by atoms with Crippen LogP contribution < -0.4 is 5.32 Å². The smallest absolute Gasteiger partial charge is 0.255 e. The molecule has 2 aromatic rings. The van der Waals surface area contributed by atoms with E-state index < -0.39 is 0 Å². The summed E-state index contributed by atoms with van der Waals surface area (Å²) in [4.78, 5) is 14.8. The van der Waals surface area contributed by atoms with Crippen molar-refractivity contribution in [2.45, 2.75) is 25.5 Å². The van der Waals surface area contributed by atoms with Gasteiger partial charge in [-0.25, -0.2) is 0 Å². The lowest BCUT2D eigenvalue weighted by Gasteiger charge is -2.32. The van der Waals surface area contributed by atoms with Crippen LogP contribution in [0.15, 0.2) is 28.7 Å². The number of likely N-dealkylation sites (N-methyl/N-ethyl adjacent to an activating group) is 1. The second kappa shape index (κ2) is 7.99. The number of amides is 1. The topological polar surface area (TPSA) is 63.9 Å². The Hall–Kier alpha value is -1.89. The van der Waals surface area contributed by atoms with Crippen molar-refractivity contribution in [2.75, 3.05) is 40.5 Å². The van der Waals surface area contributed by atoms with E-state index in [0.717, 1.165) is 24.1 Å². The number of hydrogen-bond acceptors (Lipinski definition) is 5. The molecule has 1 aliphatic heterocycles. The first kappa shape index (κ1) is 17.9.